The number of nitrogens with one attached hydrogen (secondary N) is 2. The number of nitrogens with two attached hydrogens (primary N) is 2. The fraction of sp³-hybridized carbons (Fsp3) is 0.550. The van der Waals surface area contributed by atoms with Crippen molar-refractivity contribution < 1.29 is 28.7 Å². The van der Waals surface area contributed by atoms with Gasteiger partial charge in [-0.05, 0) is 93.5 Å². The molecule has 4 heterocycles. The number of benzene rings is 2. The first-order chi connectivity index (χ1) is 26.4. The summed E-state index contributed by atoms with van der Waals surface area (Å²) in [6.45, 7) is 0.0681. The number of primary amides is 1. The van der Waals surface area contributed by atoms with E-state index in [2.05, 4.69) is 10.6 Å². The lowest BCUT2D eigenvalue weighted by Crippen LogP contribution is -2.56. The van der Waals surface area contributed by atoms with Crippen molar-refractivity contribution in [2.75, 3.05) is 6.61 Å². The number of hydrogen-bond acceptors (Lipinski definition) is 8. The number of unbranched alkanes of at least 4 members (excludes halogenated alkanes) is 2. The summed E-state index contributed by atoms with van der Waals surface area (Å²) in [5, 5.41) is 5.86. The Bertz CT molecular complexity index is 1990. The summed E-state index contributed by atoms with van der Waals surface area (Å²) in [6.07, 6.45) is 9.74. The SMILES string of the molecule is Cn1c(=O)n(C2CCC(=O)NC2=O)c2ccc(CCCCCc3cccc(OCC(CCC(N)=O)NC(=O)[C@@H]4CC[C@@H]5CCCC[C@H](N)C(=O)N54)c3Cl)cc21. The van der Waals surface area contributed by atoms with Crippen molar-refractivity contribution in [3.8, 4) is 5.75 Å². The van der Waals surface area contributed by atoms with E-state index in [9.17, 15) is 28.8 Å². The van der Waals surface area contributed by atoms with Crippen LogP contribution in [0, 0.1) is 0 Å². The Morgan fingerprint density at radius 1 is 0.982 bits per heavy atom. The van der Waals surface area contributed by atoms with Gasteiger partial charge in [0.25, 0.3) is 0 Å². The van der Waals surface area contributed by atoms with Crippen LogP contribution in [0.3, 0.4) is 0 Å². The van der Waals surface area contributed by atoms with E-state index in [0.717, 1.165) is 74.4 Å². The normalized spacial score (nSPS) is 22.2. The van der Waals surface area contributed by atoms with Crippen LogP contribution >= 0.6 is 11.6 Å². The number of hydrogen-bond donors (Lipinski definition) is 4. The molecule has 55 heavy (non-hydrogen) atoms. The van der Waals surface area contributed by atoms with Crippen molar-refractivity contribution >= 4 is 52.2 Å². The Labute approximate surface area is 325 Å². The van der Waals surface area contributed by atoms with Gasteiger partial charge in [-0.3, -0.25) is 38.4 Å². The number of aromatic nitrogens is 2. The maximum Gasteiger partial charge on any atom is 0.329 e. The van der Waals surface area contributed by atoms with Crippen molar-refractivity contribution in [1.29, 1.82) is 0 Å². The summed E-state index contributed by atoms with van der Waals surface area (Å²) in [7, 11) is 1.69. The largest absolute Gasteiger partial charge is 0.490 e. The number of nitrogens with zero attached hydrogens (tertiary/aromatic N) is 3. The first-order valence-corrected chi connectivity index (χ1v) is 19.9. The highest BCUT2D eigenvalue weighted by Crippen LogP contribution is 2.32. The van der Waals surface area contributed by atoms with Crippen molar-refractivity contribution in [3.05, 3.63) is 63.0 Å². The minimum atomic E-state index is -0.716. The van der Waals surface area contributed by atoms with Crippen LogP contribution in [0.1, 0.15) is 101 Å². The maximum atomic E-state index is 13.6. The van der Waals surface area contributed by atoms with Crippen LogP contribution in [-0.4, -0.2) is 74.3 Å². The van der Waals surface area contributed by atoms with E-state index < -0.39 is 36.0 Å². The van der Waals surface area contributed by atoms with Crippen LogP contribution < -0.4 is 32.5 Å². The molecule has 15 heteroatoms. The smallest absolute Gasteiger partial charge is 0.329 e. The second kappa shape index (κ2) is 17.8. The number of amides is 5. The molecule has 5 atom stereocenters. The number of halogens is 1. The molecular formula is C40H52ClN7O7. The van der Waals surface area contributed by atoms with Crippen molar-refractivity contribution in [1.82, 2.24) is 24.7 Å². The number of piperidine rings is 1. The molecule has 0 radical (unpaired) electrons. The van der Waals surface area contributed by atoms with E-state index >= 15 is 0 Å². The molecule has 6 N–H and O–H groups in total. The fourth-order valence-corrected chi connectivity index (χ4v) is 8.57. The molecular weight excluding hydrogens is 726 g/mol. The van der Waals surface area contributed by atoms with E-state index in [1.807, 2.05) is 30.3 Å². The van der Waals surface area contributed by atoms with E-state index in [1.165, 1.54) is 4.57 Å². The first-order valence-electron chi connectivity index (χ1n) is 19.5. The van der Waals surface area contributed by atoms with E-state index in [4.69, 9.17) is 27.8 Å². The van der Waals surface area contributed by atoms with Crippen LogP contribution in [0.2, 0.25) is 5.02 Å². The van der Waals surface area contributed by atoms with Gasteiger partial charge in [0, 0.05) is 25.9 Å². The number of aryl methyl sites for hydroxylation is 3. The van der Waals surface area contributed by atoms with Gasteiger partial charge in [-0.25, -0.2) is 4.79 Å². The van der Waals surface area contributed by atoms with E-state index in [0.29, 0.717) is 35.6 Å². The molecule has 0 saturated carbocycles. The molecule has 1 aromatic heterocycles. The Kier molecular flexibility index (Phi) is 13.0. The predicted molar refractivity (Wildman–Crippen MR) is 207 cm³/mol. The lowest BCUT2D eigenvalue weighted by molar-refractivity contribution is -0.142. The van der Waals surface area contributed by atoms with Crippen LogP contribution in [0.15, 0.2) is 41.2 Å². The fourth-order valence-electron chi connectivity index (χ4n) is 8.29. The Balaban J connectivity index is 1.02. The average Bonchev–Trinajstić information content (AvgIpc) is 3.68. The summed E-state index contributed by atoms with van der Waals surface area (Å²) < 4.78 is 9.18. The van der Waals surface area contributed by atoms with E-state index in [-0.39, 0.29) is 55.3 Å². The van der Waals surface area contributed by atoms with Gasteiger partial charge in [0.05, 0.1) is 28.1 Å². The van der Waals surface area contributed by atoms with Gasteiger partial charge in [0.1, 0.15) is 24.4 Å². The molecule has 2 unspecified atom stereocenters. The molecule has 3 saturated heterocycles. The molecule has 3 aliphatic heterocycles. The molecule has 14 nitrogen and oxygen atoms in total. The zero-order valence-electron chi connectivity index (χ0n) is 31.4. The third-order valence-corrected chi connectivity index (χ3v) is 11.8. The highest BCUT2D eigenvalue weighted by atomic mass is 35.5. The maximum absolute atomic E-state index is 13.6. The highest BCUT2D eigenvalue weighted by Gasteiger charge is 2.43. The Morgan fingerprint density at radius 2 is 1.76 bits per heavy atom. The molecule has 0 bridgehead atoms. The third-order valence-electron chi connectivity index (χ3n) is 11.3. The molecule has 3 aliphatic rings. The summed E-state index contributed by atoms with van der Waals surface area (Å²) in [5.41, 5.74) is 14.8. The molecule has 0 aliphatic carbocycles. The lowest BCUT2D eigenvalue weighted by atomic mass is 9.99. The van der Waals surface area contributed by atoms with Crippen molar-refractivity contribution in [3.63, 3.8) is 0 Å². The number of imidazole rings is 1. The molecule has 3 fully saturated rings. The summed E-state index contributed by atoms with van der Waals surface area (Å²) in [5.74, 6) is -1.24. The van der Waals surface area contributed by atoms with Gasteiger partial charge in [0.2, 0.25) is 29.5 Å². The zero-order chi connectivity index (χ0) is 39.2. The van der Waals surface area contributed by atoms with Crippen LogP contribution in [0.4, 0.5) is 0 Å². The van der Waals surface area contributed by atoms with Gasteiger partial charge >= 0.3 is 5.69 Å². The summed E-state index contributed by atoms with van der Waals surface area (Å²) in [4.78, 5) is 77.4. The highest BCUT2D eigenvalue weighted by molar-refractivity contribution is 6.32. The Hall–Kier alpha value is -4.69. The second-order valence-electron chi connectivity index (χ2n) is 15.2. The van der Waals surface area contributed by atoms with E-state index in [1.54, 1.807) is 22.6 Å². The number of fused-ring (bicyclic) bond motifs is 2. The molecule has 6 rings (SSSR count). The van der Waals surface area contributed by atoms with Crippen molar-refractivity contribution in [2.45, 2.75) is 127 Å². The summed E-state index contributed by atoms with van der Waals surface area (Å²) in [6, 6.07) is 9.00. The number of rotatable bonds is 15. The van der Waals surface area contributed by atoms with Gasteiger partial charge in [-0.2, -0.15) is 0 Å². The predicted octanol–water partition coefficient (Wildman–Crippen LogP) is 3.32. The van der Waals surface area contributed by atoms with Gasteiger partial charge in [0.15, 0.2) is 0 Å². The second-order valence-corrected chi connectivity index (χ2v) is 15.6. The van der Waals surface area contributed by atoms with Crippen molar-refractivity contribution in [2.24, 2.45) is 18.5 Å². The van der Waals surface area contributed by atoms with Crippen LogP contribution in [0.25, 0.3) is 11.0 Å². The standard InChI is InChI=1S/C40H52ClN7O7/c1-46-32-22-24(14-17-29(32)48(40(46)54)31-19-21-35(50)45-38(31)52)8-3-2-4-9-25-10-7-13-33(36(25)41)55-23-26(15-20-34(43)49)44-37(51)30-18-16-27-11-5-6-12-28(42)39(53)47(27)30/h7,10,13-14,17,22,26-28,30-31H,2-6,8-9,11-12,15-16,18-21,23,42H2,1H3,(H2,43,49)(H,44,51)(H,45,50,52)/t26?,27-,28-,30-,31?/m0/s1. The molecule has 0 spiro atoms. The molecule has 5 amide bonds. The quantitative estimate of drug-likeness (QED) is 0.133. The van der Waals surface area contributed by atoms with Crippen LogP contribution in [0.5, 0.6) is 5.75 Å². The van der Waals surface area contributed by atoms with Gasteiger partial charge in [-0.1, -0.05) is 49.1 Å². The number of ether oxygens (including phenoxy) is 1. The minimum absolute atomic E-state index is 0.00407. The van der Waals surface area contributed by atoms with Crippen LogP contribution in [-0.2, 0) is 43.9 Å². The number of imide groups is 1. The molecule has 3 aromatic rings. The third kappa shape index (κ3) is 9.24. The average molecular weight is 778 g/mol. The zero-order valence-corrected chi connectivity index (χ0v) is 32.2. The number of carbonyl (C=O) groups excluding carboxylic acids is 5. The molecule has 2 aromatic carbocycles. The molecule has 296 valence electrons. The first kappa shape index (κ1) is 40.0. The monoisotopic (exact) mass is 777 g/mol. The summed E-state index contributed by atoms with van der Waals surface area (Å²) >= 11 is 6.82. The van der Waals surface area contributed by atoms with Gasteiger partial charge < -0.3 is 26.4 Å². The topological polar surface area (TPSA) is 201 Å². The number of carbonyl (C=O) groups is 5. The minimum Gasteiger partial charge on any atom is -0.490 e. The Morgan fingerprint density at radius 3 is 2.55 bits per heavy atom. The lowest BCUT2D eigenvalue weighted by Gasteiger charge is -2.34. The van der Waals surface area contributed by atoms with Gasteiger partial charge in [-0.15, -0.1) is 0 Å².